The number of nitrogens with one attached hydrogen (secondary N) is 1. The van der Waals surface area contributed by atoms with Crippen LogP contribution in [0.15, 0.2) is 42.2 Å². The predicted octanol–water partition coefficient (Wildman–Crippen LogP) is 3.02. The molecule has 1 fully saturated rings. The topological polar surface area (TPSA) is 47.3 Å². The smallest absolute Gasteiger partial charge is 0.111 e. The minimum atomic E-state index is 0.0825. The predicted molar refractivity (Wildman–Crippen MR) is 81.0 cm³/mol. The Labute approximate surface area is 121 Å². The van der Waals surface area contributed by atoms with E-state index in [0.717, 1.165) is 25.2 Å². The van der Waals surface area contributed by atoms with Crippen LogP contribution in [0.1, 0.15) is 44.1 Å². The molecule has 2 aliphatic rings. The van der Waals surface area contributed by atoms with Crippen molar-refractivity contribution < 1.29 is 4.74 Å². The van der Waals surface area contributed by atoms with Crippen LogP contribution in [0.4, 0.5) is 0 Å². The molecule has 108 valence electrons. The second-order valence-corrected chi connectivity index (χ2v) is 5.93. The molecule has 3 N–H and O–H groups in total. The van der Waals surface area contributed by atoms with Gasteiger partial charge in [0.15, 0.2) is 0 Å². The molecule has 0 radical (unpaired) electrons. The van der Waals surface area contributed by atoms with Crippen LogP contribution in [0.25, 0.3) is 0 Å². The molecule has 0 bridgehead atoms. The second kappa shape index (κ2) is 5.98. The summed E-state index contributed by atoms with van der Waals surface area (Å²) in [5.41, 5.74) is 4.53. The monoisotopic (exact) mass is 272 g/mol. The summed E-state index contributed by atoms with van der Waals surface area (Å²) in [6, 6.07) is 10.9. The van der Waals surface area contributed by atoms with E-state index in [1.165, 1.54) is 31.2 Å². The molecule has 0 spiro atoms. The number of hydrogen-bond donors (Lipinski definition) is 2. The zero-order chi connectivity index (χ0) is 13.8. The van der Waals surface area contributed by atoms with Crippen molar-refractivity contribution in [3.8, 4) is 0 Å². The van der Waals surface area contributed by atoms with Gasteiger partial charge in [0, 0.05) is 5.41 Å². The molecule has 3 rings (SSSR count). The Morgan fingerprint density at radius 3 is 2.45 bits per heavy atom. The van der Waals surface area contributed by atoms with Gasteiger partial charge in [-0.05, 0) is 37.3 Å². The molecule has 3 heteroatoms. The summed E-state index contributed by atoms with van der Waals surface area (Å²) in [6.07, 6.45) is 9.30. The van der Waals surface area contributed by atoms with Crippen LogP contribution >= 0.6 is 0 Å². The number of rotatable bonds is 4. The van der Waals surface area contributed by atoms with Gasteiger partial charge >= 0.3 is 0 Å². The van der Waals surface area contributed by atoms with Gasteiger partial charge in [0.25, 0.3) is 0 Å². The van der Waals surface area contributed by atoms with Gasteiger partial charge < -0.3 is 4.74 Å². The highest BCUT2D eigenvalue weighted by Gasteiger charge is 2.44. The zero-order valence-corrected chi connectivity index (χ0v) is 12.0. The maximum atomic E-state index is 5.94. The number of hydrogen-bond acceptors (Lipinski definition) is 3. The van der Waals surface area contributed by atoms with Gasteiger partial charge in [-0.1, -0.05) is 43.2 Å². The van der Waals surface area contributed by atoms with Gasteiger partial charge in [0.1, 0.15) is 5.76 Å². The fourth-order valence-electron chi connectivity index (χ4n) is 3.81. The third-order valence-corrected chi connectivity index (χ3v) is 4.81. The molecular formula is C17H24N2O. The van der Waals surface area contributed by atoms with Crippen LogP contribution in [0.5, 0.6) is 0 Å². The lowest BCUT2D eigenvalue weighted by atomic mass is 9.72. The number of hydrazine groups is 1. The van der Waals surface area contributed by atoms with Crippen LogP contribution in [-0.2, 0) is 10.2 Å². The lowest BCUT2D eigenvalue weighted by Gasteiger charge is -2.39. The quantitative estimate of drug-likeness (QED) is 0.654. The van der Waals surface area contributed by atoms with E-state index in [-0.39, 0.29) is 11.5 Å². The molecule has 1 aromatic rings. The van der Waals surface area contributed by atoms with Crippen LogP contribution in [0, 0.1) is 0 Å². The van der Waals surface area contributed by atoms with E-state index < -0.39 is 0 Å². The molecule has 20 heavy (non-hydrogen) atoms. The zero-order valence-electron chi connectivity index (χ0n) is 12.0. The third-order valence-electron chi connectivity index (χ3n) is 4.81. The molecule has 0 aromatic heterocycles. The van der Waals surface area contributed by atoms with E-state index in [1.54, 1.807) is 0 Å². The van der Waals surface area contributed by atoms with E-state index in [1.807, 2.05) is 0 Å². The Hall–Kier alpha value is -1.32. The largest absolute Gasteiger partial charge is 0.497 e. The van der Waals surface area contributed by atoms with Gasteiger partial charge in [0.2, 0.25) is 0 Å². The van der Waals surface area contributed by atoms with Crippen LogP contribution < -0.4 is 11.3 Å². The average Bonchev–Trinajstić information content (AvgIpc) is 3.01. The normalized spacial score (nSPS) is 22.9. The van der Waals surface area contributed by atoms with E-state index in [0.29, 0.717) is 0 Å². The van der Waals surface area contributed by atoms with Crippen LogP contribution in [0.2, 0.25) is 0 Å². The van der Waals surface area contributed by atoms with Crippen molar-refractivity contribution >= 4 is 0 Å². The highest BCUT2D eigenvalue weighted by Crippen LogP contribution is 2.46. The average molecular weight is 272 g/mol. The minimum absolute atomic E-state index is 0.0825. The van der Waals surface area contributed by atoms with Crippen LogP contribution in [0.3, 0.4) is 0 Å². The summed E-state index contributed by atoms with van der Waals surface area (Å²) in [4.78, 5) is 0. The van der Waals surface area contributed by atoms with Crippen molar-refractivity contribution in [3.05, 3.63) is 47.7 Å². The van der Waals surface area contributed by atoms with E-state index in [2.05, 4.69) is 41.8 Å². The summed E-state index contributed by atoms with van der Waals surface area (Å²) in [5, 5.41) is 0. The number of allylic oxidation sites excluding steroid dienone is 1. The second-order valence-electron chi connectivity index (χ2n) is 5.93. The maximum Gasteiger partial charge on any atom is 0.111 e. The summed E-state index contributed by atoms with van der Waals surface area (Å²) in [5.74, 6) is 6.98. The Balaban J connectivity index is 1.98. The van der Waals surface area contributed by atoms with E-state index >= 15 is 0 Å². The van der Waals surface area contributed by atoms with Crippen molar-refractivity contribution in [2.45, 2.75) is 50.0 Å². The molecule has 3 nitrogen and oxygen atoms in total. The lowest BCUT2D eigenvalue weighted by molar-refractivity contribution is 0.140. The molecule has 0 amide bonds. The fraction of sp³-hybridized carbons (Fsp3) is 0.529. The first kappa shape index (κ1) is 13.7. The minimum Gasteiger partial charge on any atom is -0.497 e. The molecule has 0 saturated heterocycles. The molecular weight excluding hydrogens is 248 g/mol. The molecule has 1 unspecified atom stereocenters. The first-order chi connectivity index (χ1) is 9.87. The Bertz CT molecular complexity index is 463. The number of nitrogens with two attached hydrogens (primary N) is 1. The summed E-state index contributed by atoms with van der Waals surface area (Å²) in [6.45, 7) is 0.814. The Morgan fingerprint density at radius 1 is 1.10 bits per heavy atom. The Kier molecular flexibility index (Phi) is 4.08. The third kappa shape index (κ3) is 2.36. The SMILES string of the molecule is NNC(C1=CCCCO1)C1(c2ccccc2)CCCC1. The molecule has 1 heterocycles. The molecule has 1 saturated carbocycles. The van der Waals surface area contributed by atoms with Crippen LogP contribution in [-0.4, -0.2) is 12.6 Å². The highest BCUT2D eigenvalue weighted by atomic mass is 16.5. The molecule has 1 aromatic carbocycles. The number of ether oxygens (including phenoxy) is 1. The molecule has 1 atom stereocenters. The summed E-state index contributed by atoms with van der Waals surface area (Å²) < 4.78 is 5.91. The van der Waals surface area contributed by atoms with E-state index in [4.69, 9.17) is 10.6 Å². The molecule has 1 aliphatic heterocycles. The van der Waals surface area contributed by atoms with Gasteiger partial charge in [-0.3, -0.25) is 5.84 Å². The standard InChI is InChI=1S/C17H24N2O/c18-19-16(15-10-4-7-13-20-15)17(11-5-6-12-17)14-8-2-1-3-9-14/h1-3,8-10,16,19H,4-7,11-13,18H2. The van der Waals surface area contributed by atoms with E-state index in [9.17, 15) is 0 Å². The van der Waals surface area contributed by atoms with Gasteiger partial charge in [-0.2, -0.15) is 0 Å². The number of benzene rings is 1. The van der Waals surface area contributed by atoms with Gasteiger partial charge in [-0.15, -0.1) is 0 Å². The van der Waals surface area contributed by atoms with Crippen molar-refractivity contribution in [3.63, 3.8) is 0 Å². The molecule has 1 aliphatic carbocycles. The van der Waals surface area contributed by atoms with Crippen molar-refractivity contribution in [2.75, 3.05) is 6.61 Å². The Morgan fingerprint density at radius 2 is 1.85 bits per heavy atom. The lowest BCUT2D eigenvalue weighted by Crippen LogP contribution is -2.52. The van der Waals surface area contributed by atoms with Gasteiger partial charge in [0.05, 0.1) is 12.6 Å². The van der Waals surface area contributed by atoms with Crippen molar-refractivity contribution in [2.24, 2.45) is 5.84 Å². The van der Waals surface area contributed by atoms with Crippen molar-refractivity contribution in [1.82, 2.24) is 5.43 Å². The summed E-state index contributed by atoms with van der Waals surface area (Å²) in [7, 11) is 0. The van der Waals surface area contributed by atoms with Crippen molar-refractivity contribution in [1.29, 1.82) is 0 Å². The summed E-state index contributed by atoms with van der Waals surface area (Å²) >= 11 is 0. The van der Waals surface area contributed by atoms with Gasteiger partial charge in [-0.25, -0.2) is 5.43 Å². The first-order valence-electron chi connectivity index (χ1n) is 7.71. The maximum absolute atomic E-state index is 5.94. The highest BCUT2D eigenvalue weighted by molar-refractivity contribution is 5.33. The fourth-order valence-corrected chi connectivity index (χ4v) is 3.81. The first-order valence-corrected chi connectivity index (χ1v) is 7.71.